The number of rotatable bonds is 3. The van der Waals surface area contributed by atoms with Gasteiger partial charge in [-0.1, -0.05) is 6.42 Å². The van der Waals surface area contributed by atoms with Crippen molar-refractivity contribution in [2.75, 3.05) is 6.54 Å². The molecular weight excluding hydrogens is 188 g/mol. The molecule has 0 spiro atoms. The summed E-state index contributed by atoms with van der Waals surface area (Å²) in [4.78, 5) is 12.0. The molecule has 0 aromatic carbocycles. The lowest BCUT2D eigenvalue weighted by atomic mass is 9.87. The molecule has 0 saturated heterocycles. The first-order valence-electron chi connectivity index (χ1n) is 6.04. The molecule has 15 heavy (non-hydrogen) atoms. The monoisotopic (exact) mass is 210 g/mol. The number of carbonyl (C=O) groups excluding carboxylic acids is 1. The Labute approximate surface area is 91.8 Å². The Morgan fingerprint density at radius 1 is 1.40 bits per heavy atom. The number of hydrogen-bond acceptors (Lipinski definition) is 2. The average Bonchev–Trinajstić information content (AvgIpc) is 2.78. The van der Waals surface area contributed by atoms with Gasteiger partial charge in [-0.05, 0) is 44.9 Å². The van der Waals surface area contributed by atoms with Gasteiger partial charge in [0, 0.05) is 18.0 Å². The van der Waals surface area contributed by atoms with Crippen LogP contribution >= 0.6 is 0 Å². The molecule has 86 valence electrons. The van der Waals surface area contributed by atoms with Crippen molar-refractivity contribution >= 4 is 5.91 Å². The number of fused-ring (bicyclic) bond motifs is 2. The van der Waals surface area contributed by atoms with Gasteiger partial charge in [-0.2, -0.15) is 0 Å². The molecule has 1 amide bonds. The molecule has 3 atom stereocenters. The number of carbonyl (C=O) groups is 1. The molecule has 2 bridgehead atoms. The first kappa shape index (κ1) is 10.9. The minimum absolute atomic E-state index is 0.234. The first-order chi connectivity index (χ1) is 7.02. The Balaban J connectivity index is 1.92. The van der Waals surface area contributed by atoms with Crippen molar-refractivity contribution in [1.29, 1.82) is 0 Å². The van der Waals surface area contributed by atoms with Crippen LogP contribution in [0.3, 0.4) is 0 Å². The largest absolute Gasteiger partial charge is 0.350 e. The van der Waals surface area contributed by atoms with Crippen LogP contribution < -0.4 is 11.1 Å². The zero-order valence-electron chi connectivity index (χ0n) is 9.75. The molecule has 2 rings (SSSR count). The lowest BCUT2D eigenvalue weighted by Crippen LogP contribution is -2.51. The average molecular weight is 210 g/mol. The lowest BCUT2D eigenvalue weighted by Gasteiger charge is -2.29. The van der Waals surface area contributed by atoms with E-state index in [1.54, 1.807) is 0 Å². The Morgan fingerprint density at radius 2 is 2.13 bits per heavy atom. The molecule has 0 heterocycles. The fraction of sp³-hybridized carbons (Fsp3) is 0.917. The highest BCUT2D eigenvalue weighted by atomic mass is 16.2. The zero-order valence-corrected chi connectivity index (χ0v) is 9.75. The van der Waals surface area contributed by atoms with Crippen molar-refractivity contribution in [2.24, 2.45) is 23.5 Å². The van der Waals surface area contributed by atoms with E-state index in [4.69, 9.17) is 5.73 Å². The van der Waals surface area contributed by atoms with E-state index in [2.05, 4.69) is 5.32 Å². The van der Waals surface area contributed by atoms with Crippen molar-refractivity contribution < 1.29 is 4.79 Å². The van der Waals surface area contributed by atoms with E-state index < -0.39 is 0 Å². The third kappa shape index (κ3) is 2.17. The molecule has 2 saturated carbocycles. The Kier molecular flexibility index (Phi) is 2.75. The summed E-state index contributed by atoms with van der Waals surface area (Å²) in [6.45, 7) is 4.47. The zero-order chi connectivity index (χ0) is 11.1. The standard InChI is InChI=1S/C12H22N2O/c1-12(2,7-13)14-11(15)10-6-8-3-4-9(10)5-8/h8-10H,3-7,13H2,1-2H3,(H,14,15). The van der Waals surface area contributed by atoms with Gasteiger partial charge in [-0.15, -0.1) is 0 Å². The SMILES string of the molecule is CC(C)(CN)NC(=O)C1CC2CCC1C2. The van der Waals surface area contributed by atoms with Gasteiger partial charge in [0.15, 0.2) is 0 Å². The molecule has 0 aromatic rings. The summed E-state index contributed by atoms with van der Waals surface area (Å²) in [6, 6.07) is 0. The Morgan fingerprint density at radius 3 is 2.60 bits per heavy atom. The third-order valence-corrected chi connectivity index (χ3v) is 4.05. The lowest BCUT2D eigenvalue weighted by molar-refractivity contribution is -0.128. The van der Waals surface area contributed by atoms with Crippen LogP contribution in [0.25, 0.3) is 0 Å². The maximum atomic E-state index is 12.0. The van der Waals surface area contributed by atoms with Gasteiger partial charge in [0.2, 0.25) is 5.91 Å². The van der Waals surface area contributed by atoms with E-state index in [-0.39, 0.29) is 17.4 Å². The second kappa shape index (κ2) is 3.78. The van der Waals surface area contributed by atoms with Gasteiger partial charge in [-0.3, -0.25) is 4.79 Å². The van der Waals surface area contributed by atoms with Crippen LogP contribution in [0.15, 0.2) is 0 Å². The molecule has 0 aliphatic heterocycles. The van der Waals surface area contributed by atoms with E-state index in [1.165, 1.54) is 19.3 Å². The van der Waals surface area contributed by atoms with E-state index in [0.29, 0.717) is 12.5 Å². The normalized spacial score (nSPS) is 34.5. The summed E-state index contributed by atoms with van der Waals surface area (Å²) in [5.41, 5.74) is 5.36. The highest BCUT2D eigenvalue weighted by Crippen LogP contribution is 2.48. The van der Waals surface area contributed by atoms with Gasteiger partial charge in [0.1, 0.15) is 0 Å². The second-order valence-corrected chi connectivity index (χ2v) is 5.86. The van der Waals surface area contributed by atoms with E-state index in [9.17, 15) is 4.79 Å². The van der Waals surface area contributed by atoms with Crippen LogP contribution in [0.1, 0.15) is 39.5 Å². The van der Waals surface area contributed by atoms with E-state index >= 15 is 0 Å². The van der Waals surface area contributed by atoms with Crippen molar-refractivity contribution in [3.8, 4) is 0 Å². The van der Waals surface area contributed by atoms with Crippen LogP contribution in [0.5, 0.6) is 0 Å². The predicted octanol–water partition coefficient (Wildman–Crippen LogP) is 1.28. The summed E-state index contributed by atoms with van der Waals surface area (Å²) in [6.07, 6.45) is 4.98. The van der Waals surface area contributed by atoms with Gasteiger partial charge in [-0.25, -0.2) is 0 Å². The molecular formula is C12H22N2O. The van der Waals surface area contributed by atoms with Crippen LogP contribution in [0.2, 0.25) is 0 Å². The minimum atomic E-state index is -0.251. The molecule has 0 aromatic heterocycles. The topological polar surface area (TPSA) is 55.1 Å². The second-order valence-electron chi connectivity index (χ2n) is 5.86. The summed E-state index contributed by atoms with van der Waals surface area (Å²) >= 11 is 0. The van der Waals surface area contributed by atoms with Crippen molar-refractivity contribution in [1.82, 2.24) is 5.32 Å². The van der Waals surface area contributed by atoms with Gasteiger partial charge >= 0.3 is 0 Å². The van der Waals surface area contributed by atoms with Crippen LogP contribution in [-0.2, 0) is 4.79 Å². The first-order valence-corrected chi connectivity index (χ1v) is 6.04. The molecule has 2 fully saturated rings. The molecule has 3 N–H and O–H groups in total. The summed E-state index contributed by atoms with van der Waals surface area (Å²) in [5.74, 6) is 1.99. The maximum absolute atomic E-state index is 12.0. The maximum Gasteiger partial charge on any atom is 0.223 e. The quantitative estimate of drug-likeness (QED) is 0.737. The number of nitrogens with two attached hydrogens (primary N) is 1. The van der Waals surface area contributed by atoms with Gasteiger partial charge < -0.3 is 11.1 Å². The number of amides is 1. The van der Waals surface area contributed by atoms with Crippen LogP contribution in [-0.4, -0.2) is 18.0 Å². The van der Waals surface area contributed by atoms with Gasteiger partial charge in [0.05, 0.1) is 0 Å². The van der Waals surface area contributed by atoms with Gasteiger partial charge in [0.25, 0.3) is 0 Å². The molecule has 3 heteroatoms. The third-order valence-electron chi connectivity index (χ3n) is 4.05. The van der Waals surface area contributed by atoms with E-state index in [1.807, 2.05) is 13.8 Å². The summed E-state index contributed by atoms with van der Waals surface area (Å²) in [7, 11) is 0. The summed E-state index contributed by atoms with van der Waals surface area (Å²) < 4.78 is 0. The smallest absolute Gasteiger partial charge is 0.223 e. The minimum Gasteiger partial charge on any atom is -0.350 e. The number of nitrogens with one attached hydrogen (secondary N) is 1. The Bertz CT molecular complexity index is 262. The predicted molar refractivity (Wildman–Crippen MR) is 60.2 cm³/mol. The fourth-order valence-corrected chi connectivity index (χ4v) is 3.04. The van der Waals surface area contributed by atoms with Crippen molar-refractivity contribution in [3.05, 3.63) is 0 Å². The highest BCUT2D eigenvalue weighted by molar-refractivity contribution is 5.80. The Hall–Kier alpha value is -0.570. The molecule has 2 aliphatic rings. The van der Waals surface area contributed by atoms with Crippen molar-refractivity contribution in [2.45, 2.75) is 45.1 Å². The summed E-state index contributed by atoms with van der Waals surface area (Å²) in [5, 5.41) is 3.07. The van der Waals surface area contributed by atoms with Crippen LogP contribution in [0, 0.1) is 17.8 Å². The molecule has 3 unspecified atom stereocenters. The fourth-order valence-electron chi connectivity index (χ4n) is 3.04. The molecule has 0 radical (unpaired) electrons. The van der Waals surface area contributed by atoms with Crippen molar-refractivity contribution in [3.63, 3.8) is 0 Å². The number of hydrogen-bond donors (Lipinski definition) is 2. The molecule has 2 aliphatic carbocycles. The highest BCUT2D eigenvalue weighted by Gasteiger charge is 2.43. The molecule has 3 nitrogen and oxygen atoms in total. The van der Waals surface area contributed by atoms with Crippen LogP contribution in [0.4, 0.5) is 0 Å². The van der Waals surface area contributed by atoms with E-state index in [0.717, 1.165) is 12.3 Å².